The summed E-state index contributed by atoms with van der Waals surface area (Å²) in [4.78, 5) is 32.8. The van der Waals surface area contributed by atoms with Crippen LogP contribution in [0.15, 0.2) is 59.7 Å². The van der Waals surface area contributed by atoms with E-state index in [0.29, 0.717) is 11.6 Å². The lowest BCUT2D eigenvalue weighted by Gasteiger charge is -2.34. The van der Waals surface area contributed by atoms with Crippen molar-refractivity contribution in [2.75, 3.05) is 26.8 Å². The van der Waals surface area contributed by atoms with Crippen LogP contribution in [-0.4, -0.2) is 65.2 Å². The fourth-order valence-corrected chi connectivity index (χ4v) is 3.97. The number of amides is 1. The maximum Gasteiger partial charge on any atom is 0.293 e. The van der Waals surface area contributed by atoms with Gasteiger partial charge in [-0.3, -0.25) is 14.5 Å². The molecule has 1 fully saturated rings. The Kier molecular flexibility index (Phi) is 8.84. The van der Waals surface area contributed by atoms with Gasteiger partial charge in [0.15, 0.2) is 0 Å². The van der Waals surface area contributed by atoms with Gasteiger partial charge in [-0.05, 0) is 48.9 Å². The summed E-state index contributed by atoms with van der Waals surface area (Å²) in [6, 6.07) is 15.6. The van der Waals surface area contributed by atoms with Crippen LogP contribution in [-0.2, 0) is 22.5 Å². The second-order valence-electron chi connectivity index (χ2n) is 9.11. The first-order chi connectivity index (χ1) is 18.3. The number of halogens is 2. The van der Waals surface area contributed by atoms with Gasteiger partial charge < -0.3 is 20.1 Å². The van der Waals surface area contributed by atoms with Gasteiger partial charge in [0, 0.05) is 17.7 Å². The summed E-state index contributed by atoms with van der Waals surface area (Å²) < 4.78 is 30.5. The number of carbonyl (C=O) groups excluding carboxylic acids is 1. The van der Waals surface area contributed by atoms with Crippen molar-refractivity contribution in [2.45, 2.75) is 31.4 Å². The lowest BCUT2D eigenvalue weighted by molar-refractivity contribution is -0.123. The van der Waals surface area contributed by atoms with E-state index in [1.165, 1.54) is 5.56 Å². The van der Waals surface area contributed by atoms with Gasteiger partial charge in [0.05, 0.1) is 38.0 Å². The molecule has 10 heteroatoms. The van der Waals surface area contributed by atoms with Gasteiger partial charge in [0.2, 0.25) is 11.7 Å². The number of likely N-dealkylation sites (N-methyl/N-ethyl adjacent to an activating group) is 1. The lowest BCUT2D eigenvalue weighted by Crippen LogP contribution is -2.46. The second kappa shape index (κ2) is 12.4. The second-order valence-corrected chi connectivity index (χ2v) is 9.11. The number of benzene rings is 2. The Balaban J connectivity index is 1.43. The molecule has 1 unspecified atom stereocenters. The molecule has 2 aromatic carbocycles. The Labute approximate surface area is 218 Å². The lowest BCUT2D eigenvalue weighted by atomic mass is 9.94. The van der Waals surface area contributed by atoms with Gasteiger partial charge in [0.25, 0.3) is 12.0 Å². The topological polar surface area (TPSA) is 108 Å². The zero-order valence-electron chi connectivity index (χ0n) is 20.8. The number of nitrogens with zero attached hydrogens (tertiary/aromatic N) is 2. The molecule has 1 atom stereocenters. The molecule has 1 saturated heterocycles. The highest BCUT2D eigenvalue weighted by molar-refractivity contribution is 5.84. The quantitative estimate of drug-likeness (QED) is 0.373. The summed E-state index contributed by atoms with van der Waals surface area (Å²) >= 11 is 0. The summed E-state index contributed by atoms with van der Waals surface area (Å²) in [6.45, 7) is 1.55. The van der Waals surface area contributed by atoms with E-state index in [1.807, 2.05) is 12.1 Å². The monoisotopic (exact) mass is 522 g/mol. The van der Waals surface area contributed by atoms with Gasteiger partial charge in [0.1, 0.15) is 5.69 Å². The number of rotatable bonds is 9. The average molecular weight is 523 g/mol. The van der Waals surface area contributed by atoms with Crippen LogP contribution < -0.4 is 10.9 Å². The van der Waals surface area contributed by atoms with Crippen molar-refractivity contribution in [3.8, 4) is 17.6 Å². The van der Waals surface area contributed by atoms with Crippen molar-refractivity contribution in [3.05, 3.63) is 93.2 Å². The number of nitrogens with one attached hydrogen (secondary N) is 2. The van der Waals surface area contributed by atoms with E-state index in [4.69, 9.17) is 4.74 Å². The Morgan fingerprint density at radius 2 is 1.74 bits per heavy atom. The molecule has 0 bridgehead atoms. The van der Waals surface area contributed by atoms with Crippen molar-refractivity contribution in [1.82, 2.24) is 20.2 Å². The van der Waals surface area contributed by atoms with E-state index in [-0.39, 0.29) is 12.1 Å². The maximum atomic E-state index is 12.6. The normalized spacial score (nSPS) is 14.0. The van der Waals surface area contributed by atoms with E-state index in [0.717, 1.165) is 37.2 Å². The van der Waals surface area contributed by atoms with Crippen LogP contribution in [0.4, 0.5) is 8.78 Å². The van der Waals surface area contributed by atoms with Gasteiger partial charge in [-0.1, -0.05) is 36.1 Å². The van der Waals surface area contributed by atoms with Gasteiger partial charge in [-0.2, -0.15) is 0 Å². The number of carbonyl (C=O) groups is 1. The molecule has 1 aliphatic rings. The Hall–Kier alpha value is -4.07. The minimum absolute atomic E-state index is 0.0374. The van der Waals surface area contributed by atoms with Crippen LogP contribution in [0, 0.1) is 11.8 Å². The fourth-order valence-electron chi connectivity index (χ4n) is 3.97. The Bertz CT molecular complexity index is 1360. The van der Waals surface area contributed by atoms with Crippen molar-refractivity contribution in [1.29, 1.82) is 0 Å². The third kappa shape index (κ3) is 7.03. The maximum absolute atomic E-state index is 12.6. The third-order valence-corrected chi connectivity index (χ3v) is 6.31. The van der Waals surface area contributed by atoms with E-state index in [9.17, 15) is 23.5 Å². The molecule has 1 amide bonds. The minimum atomic E-state index is -2.74. The standard InChI is InChI=1S/C28H28F2N4O4/c1-34(22-15-38-16-22)14-21-10-6-19(7-11-21)3-2-18-4-8-20(9-5-18)12-23(27(36)31-13-24(29)30)25-26(35)28(37)33-17-32-25/h4-11,17,22-24,35H,12-16H2,1H3,(H,31,36)(H,32,33,37). The van der Waals surface area contributed by atoms with Gasteiger partial charge in [-0.15, -0.1) is 0 Å². The molecule has 3 N–H and O–H groups in total. The molecule has 1 aromatic heterocycles. The van der Waals surface area contributed by atoms with E-state index in [1.54, 1.807) is 24.3 Å². The molecule has 198 valence electrons. The Morgan fingerprint density at radius 1 is 1.13 bits per heavy atom. The predicted octanol–water partition coefficient (Wildman–Crippen LogP) is 2.41. The minimum Gasteiger partial charge on any atom is -0.502 e. The van der Waals surface area contributed by atoms with Crippen LogP contribution >= 0.6 is 0 Å². The highest BCUT2D eigenvalue weighted by Gasteiger charge is 2.27. The highest BCUT2D eigenvalue weighted by atomic mass is 19.3. The molecule has 4 rings (SSSR count). The largest absolute Gasteiger partial charge is 0.502 e. The molecule has 0 aliphatic carbocycles. The first kappa shape index (κ1) is 27.0. The molecule has 0 saturated carbocycles. The van der Waals surface area contributed by atoms with Crippen molar-refractivity contribution in [2.24, 2.45) is 0 Å². The summed E-state index contributed by atoms with van der Waals surface area (Å²) in [5, 5.41) is 12.3. The summed E-state index contributed by atoms with van der Waals surface area (Å²) in [5.41, 5.74) is 2.50. The first-order valence-corrected chi connectivity index (χ1v) is 12.1. The zero-order chi connectivity index (χ0) is 27.1. The van der Waals surface area contributed by atoms with Crippen LogP contribution in [0.25, 0.3) is 0 Å². The fraction of sp³-hybridized carbons (Fsp3) is 0.321. The molecule has 3 aromatic rings. The van der Waals surface area contributed by atoms with E-state index >= 15 is 0 Å². The SMILES string of the molecule is CN(Cc1ccc(C#Cc2ccc(CC(C(=O)NCC(F)F)c3nc[nH]c(=O)c3O)cc2)cc1)C1COC1. The van der Waals surface area contributed by atoms with Crippen molar-refractivity contribution < 1.29 is 23.4 Å². The van der Waals surface area contributed by atoms with Crippen LogP contribution in [0.5, 0.6) is 5.75 Å². The van der Waals surface area contributed by atoms with Crippen molar-refractivity contribution in [3.63, 3.8) is 0 Å². The van der Waals surface area contributed by atoms with Crippen molar-refractivity contribution >= 4 is 5.91 Å². The molecule has 1 aliphatic heterocycles. The zero-order valence-corrected chi connectivity index (χ0v) is 20.8. The number of hydrogen-bond acceptors (Lipinski definition) is 6. The predicted molar refractivity (Wildman–Crippen MR) is 137 cm³/mol. The molecule has 8 nitrogen and oxygen atoms in total. The number of aromatic hydroxyl groups is 1. The number of aromatic nitrogens is 2. The summed E-state index contributed by atoms with van der Waals surface area (Å²) in [5.74, 6) is 3.61. The molecule has 38 heavy (non-hydrogen) atoms. The molecule has 0 radical (unpaired) electrons. The third-order valence-electron chi connectivity index (χ3n) is 6.31. The number of hydrogen-bond donors (Lipinski definition) is 3. The Morgan fingerprint density at radius 3 is 2.29 bits per heavy atom. The summed E-state index contributed by atoms with van der Waals surface area (Å²) in [7, 11) is 2.08. The van der Waals surface area contributed by atoms with Crippen LogP contribution in [0.3, 0.4) is 0 Å². The average Bonchev–Trinajstić information content (AvgIpc) is 2.87. The van der Waals surface area contributed by atoms with Gasteiger partial charge in [-0.25, -0.2) is 13.8 Å². The number of alkyl halides is 2. The summed E-state index contributed by atoms with van der Waals surface area (Å²) in [6.07, 6.45) is -1.65. The molecule has 2 heterocycles. The molecule has 0 spiro atoms. The highest BCUT2D eigenvalue weighted by Crippen LogP contribution is 2.24. The number of aromatic amines is 1. The molecular formula is C28H28F2N4O4. The first-order valence-electron chi connectivity index (χ1n) is 12.1. The van der Waals surface area contributed by atoms with Gasteiger partial charge >= 0.3 is 0 Å². The van der Waals surface area contributed by atoms with E-state index in [2.05, 4.69) is 51.2 Å². The smallest absolute Gasteiger partial charge is 0.293 e. The van der Waals surface area contributed by atoms with E-state index < -0.39 is 36.1 Å². The number of ether oxygens (including phenoxy) is 1. The van der Waals surface area contributed by atoms with Crippen LogP contribution in [0.1, 0.15) is 33.9 Å². The van der Waals surface area contributed by atoms with Crippen LogP contribution in [0.2, 0.25) is 0 Å². The molecular weight excluding hydrogens is 494 g/mol. The number of H-pyrrole nitrogens is 1.